The third-order valence-corrected chi connectivity index (χ3v) is 6.09. The second kappa shape index (κ2) is 10.4. The van der Waals surface area contributed by atoms with E-state index in [1.54, 1.807) is 25.7 Å². The molecule has 2 aromatic heterocycles. The van der Waals surface area contributed by atoms with Gasteiger partial charge in [0, 0.05) is 30.6 Å². The Hall–Kier alpha value is -4.36. The van der Waals surface area contributed by atoms with Crippen LogP contribution >= 0.6 is 0 Å². The van der Waals surface area contributed by atoms with Crippen LogP contribution in [0.3, 0.4) is 0 Å². The SMILES string of the molecule is CC(C)(C)OC(=O)N1CCC(c2cc(=O)[nH]c3c(C(=O)NNC(=O)c4cccc(C(F)(F)F)c4)cnn23)CC1. The Morgan fingerprint density at radius 2 is 1.72 bits per heavy atom. The molecule has 0 bridgehead atoms. The van der Waals surface area contributed by atoms with Gasteiger partial charge in [-0.15, -0.1) is 0 Å². The van der Waals surface area contributed by atoms with Crippen molar-refractivity contribution in [1.29, 1.82) is 0 Å². The van der Waals surface area contributed by atoms with E-state index in [2.05, 4.69) is 20.9 Å². The highest BCUT2D eigenvalue weighted by Gasteiger charge is 2.31. The standard InChI is InChI=1S/C25H27F3N6O5/c1-24(2,3)39-23(38)33-9-7-14(8-10-33)18-12-19(35)30-20-17(13-29-34(18)20)22(37)32-31-21(36)15-5-4-6-16(11-15)25(26,27)28/h4-6,11-14H,7-10H2,1-3H3,(H,30,35)(H,31,36)(H,32,37). The summed E-state index contributed by atoms with van der Waals surface area (Å²) in [5.41, 5.74) is 2.36. The van der Waals surface area contributed by atoms with Crippen LogP contribution in [0.25, 0.3) is 5.65 Å². The molecule has 1 aliphatic heterocycles. The third kappa shape index (κ3) is 6.38. The number of hydrazine groups is 1. The number of benzene rings is 1. The number of fused-ring (bicyclic) bond motifs is 1. The van der Waals surface area contributed by atoms with Crippen molar-refractivity contribution in [3.63, 3.8) is 0 Å². The summed E-state index contributed by atoms with van der Waals surface area (Å²) in [6.07, 6.45) is -2.77. The molecule has 1 aliphatic rings. The van der Waals surface area contributed by atoms with Crippen LogP contribution < -0.4 is 16.4 Å². The van der Waals surface area contributed by atoms with Crippen LogP contribution in [0.2, 0.25) is 0 Å². The van der Waals surface area contributed by atoms with Gasteiger partial charge in [0.05, 0.1) is 17.5 Å². The van der Waals surface area contributed by atoms with Gasteiger partial charge in [-0.05, 0) is 51.8 Å². The van der Waals surface area contributed by atoms with Crippen LogP contribution in [-0.2, 0) is 10.9 Å². The molecular weight excluding hydrogens is 521 g/mol. The Labute approximate surface area is 220 Å². The summed E-state index contributed by atoms with van der Waals surface area (Å²) in [5, 5.41) is 4.23. The summed E-state index contributed by atoms with van der Waals surface area (Å²) in [6.45, 7) is 6.17. The first kappa shape index (κ1) is 27.7. The number of nitrogens with one attached hydrogen (secondary N) is 3. The first-order valence-electron chi connectivity index (χ1n) is 12.1. The second-order valence-electron chi connectivity index (χ2n) is 10.1. The van der Waals surface area contributed by atoms with E-state index in [1.807, 2.05) is 0 Å². The van der Waals surface area contributed by atoms with E-state index in [4.69, 9.17) is 4.74 Å². The zero-order chi connectivity index (χ0) is 28.5. The number of alkyl halides is 3. The Kier molecular flexibility index (Phi) is 7.39. The minimum absolute atomic E-state index is 0.0653. The largest absolute Gasteiger partial charge is 0.444 e. The zero-order valence-corrected chi connectivity index (χ0v) is 21.4. The minimum atomic E-state index is -4.63. The quantitative estimate of drug-likeness (QED) is 0.430. The fourth-order valence-electron chi connectivity index (χ4n) is 4.24. The van der Waals surface area contributed by atoms with E-state index >= 15 is 0 Å². The molecule has 208 valence electrons. The summed E-state index contributed by atoms with van der Waals surface area (Å²) >= 11 is 0. The number of halogens is 3. The molecular formula is C25H27F3N6O5. The van der Waals surface area contributed by atoms with Crippen LogP contribution in [0.5, 0.6) is 0 Å². The van der Waals surface area contributed by atoms with E-state index in [0.29, 0.717) is 37.7 Å². The zero-order valence-electron chi connectivity index (χ0n) is 21.4. The lowest BCUT2D eigenvalue weighted by molar-refractivity contribution is -0.137. The lowest BCUT2D eigenvalue weighted by Crippen LogP contribution is -2.42. The molecule has 3 N–H and O–H groups in total. The molecule has 1 saturated heterocycles. The van der Waals surface area contributed by atoms with Gasteiger partial charge in [-0.2, -0.15) is 18.3 Å². The highest BCUT2D eigenvalue weighted by Crippen LogP contribution is 2.30. The van der Waals surface area contributed by atoms with Gasteiger partial charge in [0.15, 0.2) is 0 Å². The minimum Gasteiger partial charge on any atom is -0.444 e. The topological polar surface area (TPSA) is 138 Å². The van der Waals surface area contributed by atoms with E-state index in [1.165, 1.54) is 22.8 Å². The van der Waals surface area contributed by atoms with Crippen molar-refractivity contribution in [2.75, 3.05) is 13.1 Å². The van der Waals surface area contributed by atoms with Gasteiger partial charge >= 0.3 is 12.3 Å². The predicted octanol–water partition coefficient (Wildman–Crippen LogP) is 3.23. The number of H-pyrrole nitrogens is 1. The number of hydrogen-bond donors (Lipinski definition) is 3. The van der Waals surface area contributed by atoms with Gasteiger partial charge in [0.1, 0.15) is 16.8 Å². The van der Waals surface area contributed by atoms with Gasteiger partial charge in [0.2, 0.25) is 0 Å². The first-order valence-corrected chi connectivity index (χ1v) is 12.1. The first-order chi connectivity index (χ1) is 18.2. The number of amides is 3. The highest BCUT2D eigenvalue weighted by atomic mass is 19.4. The molecule has 3 heterocycles. The maximum atomic E-state index is 12.9. The van der Waals surface area contributed by atoms with Crippen molar-refractivity contribution >= 4 is 23.6 Å². The van der Waals surface area contributed by atoms with Gasteiger partial charge < -0.3 is 14.6 Å². The molecule has 0 aliphatic carbocycles. The number of aromatic amines is 1. The van der Waals surface area contributed by atoms with E-state index in [0.717, 1.165) is 12.1 Å². The maximum Gasteiger partial charge on any atom is 0.416 e. The van der Waals surface area contributed by atoms with Crippen molar-refractivity contribution in [3.05, 3.63) is 69.3 Å². The molecule has 0 atom stereocenters. The summed E-state index contributed by atoms with van der Waals surface area (Å²) in [6, 6.07) is 5.11. The van der Waals surface area contributed by atoms with Crippen molar-refractivity contribution in [2.45, 2.75) is 51.3 Å². The molecule has 0 saturated carbocycles. The van der Waals surface area contributed by atoms with Crippen molar-refractivity contribution < 1.29 is 32.3 Å². The molecule has 1 aromatic carbocycles. The summed E-state index contributed by atoms with van der Waals surface area (Å²) in [5.74, 6) is -1.93. The number of ether oxygens (including phenoxy) is 1. The average molecular weight is 549 g/mol. The van der Waals surface area contributed by atoms with E-state index in [9.17, 15) is 32.3 Å². The molecule has 0 unspecified atom stereocenters. The lowest BCUT2D eigenvalue weighted by Gasteiger charge is -2.33. The van der Waals surface area contributed by atoms with Crippen LogP contribution in [0.1, 0.15) is 71.5 Å². The molecule has 11 nitrogen and oxygen atoms in total. The molecule has 1 fully saturated rings. The molecule has 14 heteroatoms. The summed E-state index contributed by atoms with van der Waals surface area (Å²) < 4.78 is 45.6. The van der Waals surface area contributed by atoms with Crippen LogP contribution in [0.4, 0.5) is 18.0 Å². The Bertz CT molecular complexity index is 1470. The van der Waals surface area contributed by atoms with Crippen LogP contribution in [-0.4, -0.2) is 56.1 Å². The fraction of sp³-hybridized carbons (Fsp3) is 0.400. The molecule has 0 radical (unpaired) electrons. The normalized spacial score (nSPS) is 14.8. The smallest absolute Gasteiger partial charge is 0.416 e. The van der Waals surface area contributed by atoms with E-state index < -0.39 is 40.8 Å². The maximum absolute atomic E-state index is 12.9. The van der Waals surface area contributed by atoms with E-state index in [-0.39, 0.29) is 22.7 Å². The molecule has 3 amide bonds. The lowest BCUT2D eigenvalue weighted by atomic mass is 9.93. The van der Waals surface area contributed by atoms with Crippen molar-refractivity contribution in [3.8, 4) is 0 Å². The summed E-state index contributed by atoms with van der Waals surface area (Å²) in [7, 11) is 0. The van der Waals surface area contributed by atoms with Gasteiger partial charge in [-0.1, -0.05) is 6.07 Å². The van der Waals surface area contributed by atoms with Gasteiger partial charge in [-0.25, -0.2) is 9.31 Å². The number of carbonyl (C=O) groups excluding carboxylic acids is 3. The Morgan fingerprint density at radius 3 is 2.36 bits per heavy atom. The van der Waals surface area contributed by atoms with Crippen molar-refractivity contribution in [1.82, 2.24) is 30.3 Å². The highest BCUT2D eigenvalue weighted by molar-refractivity contribution is 6.02. The predicted molar refractivity (Wildman–Crippen MR) is 132 cm³/mol. The summed E-state index contributed by atoms with van der Waals surface area (Å²) in [4.78, 5) is 54.1. The Balaban J connectivity index is 1.46. The number of likely N-dealkylation sites (tertiary alicyclic amines) is 1. The number of nitrogens with zero attached hydrogens (tertiary/aromatic N) is 3. The number of rotatable bonds is 3. The second-order valence-corrected chi connectivity index (χ2v) is 10.1. The fourth-order valence-corrected chi connectivity index (χ4v) is 4.24. The third-order valence-electron chi connectivity index (χ3n) is 6.09. The molecule has 39 heavy (non-hydrogen) atoms. The monoisotopic (exact) mass is 548 g/mol. The van der Waals surface area contributed by atoms with Crippen LogP contribution in [0, 0.1) is 0 Å². The van der Waals surface area contributed by atoms with Gasteiger partial charge in [0.25, 0.3) is 17.4 Å². The number of carbonyl (C=O) groups is 3. The number of hydrogen-bond acceptors (Lipinski definition) is 6. The average Bonchev–Trinajstić information content (AvgIpc) is 3.29. The molecule has 0 spiro atoms. The van der Waals surface area contributed by atoms with Crippen molar-refractivity contribution in [2.24, 2.45) is 0 Å². The number of piperidine rings is 1. The molecule has 4 rings (SSSR count). The Morgan fingerprint density at radius 1 is 1.05 bits per heavy atom. The van der Waals surface area contributed by atoms with Crippen LogP contribution in [0.15, 0.2) is 41.3 Å². The number of aromatic nitrogens is 3. The molecule has 3 aromatic rings. The van der Waals surface area contributed by atoms with Gasteiger partial charge in [-0.3, -0.25) is 25.2 Å².